The Morgan fingerprint density at radius 1 is 1.12 bits per heavy atom. The van der Waals surface area contributed by atoms with Gasteiger partial charge in [0, 0.05) is 31.5 Å². The number of hydrogen-bond donors (Lipinski definition) is 2. The molecule has 0 bridgehead atoms. The molecule has 1 aromatic heterocycles. The van der Waals surface area contributed by atoms with E-state index in [1.54, 1.807) is 4.68 Å². The molecule has 0 radical (unpaired) electrons. The number of aryl methyl sites for hydroxylation is 3. The van der Waals surface area contributed by atoms with Gasteiger partial charge in [-0.3, -0.25) is 4.79 Å². The van der Waals surface area contributed by atoms with Gasteiger partial charge in [0.1, 0.15) is 4.90 Å². The molecule has 0 saturated heterocycles. The molecule has 0 aliphatic rings. The number of nitrogens with zero attached hydrogens (tertiary/aromatic N) is 1. The lowest BCUT2D eigenvalue weighted by molar-refractivity contribution is -0.654. The van der Waals surface area contributed by atoms with Gasteiger partial charge in [-0.2, -0.15) is 0 Å². The summed E-state index contributed by atoms with van der Waals surface area (Å²) in [5.41, 5.74) is 5.63. The number of halogens is 2. The summed E-state index contributed by atoms with van der Waals surface area (Å²) in [5.74, 6) is -0.466. The van der Waals surface area contributed by atoms with Crippen LogP contribution in [0.1, 0.15) is 27.3 Å². The molecule has 0 unspecified atom stereocenters. The van der Waals surface area contributed by atoms with Crippen LogP contribution in [0.4, 0.5) is 0 Å². The van der Waals surface area contributed by atoms with Gasteiger partial charge in [0.25, 0.3) is 0 Å². The van der Waals surface area contributed by atoms with E-state index < -0.39 is 15.9 Å². The lowest BCUT2D eigenvalue weighted by Crippen LogP contribution is -3.00. The van der Waals surface area contributed by atoms with Gasteiger partial charge in [-0.25, -0.2) is 13.6 Å². The van der Waals surface area contributed by atoms with Crippen LogP contribution >= 0.6 is 11.6 Å². The highest BCUT2D eigenvalue weighted by molar-refractivity contribution is 7.89. The summed E-state index contributed by atoms with van der Waals surface area (Å²) in [7, 11) is -4.00. The van der Waals surface area contributed by atoms with Crippen molar-refractivity contribution in [2.24, 2.45) is 5.14 Å². The highest BCUT2D eigenvalue weighted by Gasteiger charge is 2.20. The first-order valence-corrected chi connectivity index (χ1v) is 8.65. The molecule has 2 rings (SSSR count). The third kappa shape index (κ3) is 4.45. The third-order valence-electron chi connectivity index (χ3n) is 3.29. The molecule has 130 valence electrons. The van der Waals surface area contributed by atoms with Crippen molar-refractivity contribution in [1.82, 2.24) is 0 Å². The molecule has 0 aliphatic heterocycles. The number of rotatable bonds is 3. The highest BCUT2D eigenvalue weighted by Crippen LogP contribution is 2.21. The Labute approximate surface area is 152 Å². The maximum Gasteiger partial charge on any atom is 0.305 e. The Balaban J connectivity index is 0.00000288. The van der Waals surface area contributed by atoms with Crippen LogP contribution in [0.25, 0.3) is 0 Å². The molecule has 24 heavy (non-hydrogen) atoms. The van der Waals surface area contributed by atoms with Gasteiger partial charge in [0.15, 0.2) is 0 Å². The van der Waals surface area contributed by atoms with Crippen molar-refractivity contribution in [3.8, 4) is 0 Å². The maximum atomic E-state index is 12.4. The molecule has 0 atom stereocenters. The SMILES string of the molecule is Cc1cc(C)[n+](NC(=O)c2ccc(Cl)c(S(N)(=O)=O)c2)c(C)c1.[Cl-]. The van der Waals surface area contributed by atoms with E-state index in [1.165, 1.54) is 12.1 Å². The summed E-state index contributed by atoms with van der Waals surface area (Å²) < 4.78 is 24.6. The van der Waals surface area contributed by atoms with Gasteiger partial charge in [-0.1, -0.05) is 16.3 Å². The fourth-order valence-corrected chi connectivity index (χ4v) is 3.38. The molecular formula is C15H17Cl2N3O3S. The van der Waals surface area contributed by atoms with Crippen molar-refractivity contribution in [3.63, 3.8) is 0 Å². The van der Waals surface area contributed by atoms with Crippen molar-refractivity contribution in [1.29, 1.82) is 0 Å². The second kappa shape index (κ2) is 7.48. The molecule has 9 heteroatoms. The molecular weight excluding hydrogens is 373 g/mol. The topological polar surface area (TPSA) is 93.1 Å². The molecule has 6 nitrogen and oxygen atoms in total. The standard InChI is InChI=1S/C15H16ClN3O3S.ClH/c1-9-6-10(2)19(11(3)7-9)18-15(20)12-4-5-13(16)14(8-12)23(17,21)22;/h4-8H,1-3H3,(H2-,17,18,20,21,22);1H. The number of benzene rings is 1. The average Bonchev–Trinajstić information content (AvgIpc) is 2.41. The van der Waals surface area contributed by atoms with E-state index in [2.05, 4.69) is 5.43 Å². The summed E-state index contributed by atoms with van der Waals surface area (Å²) in [6.45, 7) is 5.68. The molecule has 0 spiro atoms. The Morgan fingerprint density at radius 2 is 1.67 bits per heavy atom. The Bertz CT molecular complexity index is 876. The monoisotopic (exact) mass is 389 g/mol. The van der Waals surface area contributed by atoms with E-state index in [9.17, 15) is 13.2 Å². The average molecular weight is 390 g/mol. The predicted molar refractivity (Wildman–Crippen MR) is 87.4 cm³/mol. The summed E-state index contributed by atoms with van der Waals surface area (Å²) in [5, 5.41) is 5.07. The second-order valence-corrected chi connectivity index (χ2v) is 7.22. The zero-order chi connectivity index (χ0) is 17.4. The van der Waals surface area contributed by atoms with E-state index in [4.69, 9.17) is 16.7 Å². The first-order chi connectivity index (χ1) is 10.6. The first kappa shape index (κ1) is 20.4. The molecule has 0 saturated carbocycles. The number of sulfonamides is 1. The number of pyridine rings is 1. The van der Waals surface area contributed by atoms with E-state index in [1.807, 2.05) is 32.9 Å². The largest absolute Gasteiger partial charge is 1.00 e. The number of primary sulfonamides is 1. The number of carbonyl (C=O) groups excluding carboxylic acids is 1. The van der Waals surface area contributed by atoms with Crippen LogP contribution < -0.4 is 27.6 Å². The van der Waals surface area contributed by atoms with Gasteiger partial charge in [-0.05, 0) is 30.7 Å². The number of carbonyl (C=O) groups is 1. The van der Waals surface area contributed by atoms with E-state index in [0.717, 1.165) is 23.0 Å². The van der Waals surface area contributed by atoms with Gasteiger partial charge >= 0.3 is 5.91 Å². The number of nitrogens with two attached hydrogens (primary N) is 1. The zero-order valence-electron chi connectivity index (χ0n) is 13.3. The van der Waals surface area contributed by atoms with Crippen molar-refractivity contribution < 1.29 is 30.3 Å². The van der Waals surface area contributed by atoms with Gasteiger partial charge in [0.2, 0.25) is 21.4 Å². The molecule has 0 aliphatic carbocycles. The van der Waals surface area contributed by atoms with Gasteiger partial charge in [0.05, 0.1) is 5.02 Å². The summed E-state index contributed by atoms with van der Waals surface area (Å²) in [4.78, 5) is 12.1. The quantitative estimate of drug-likeness (QED) is 0.631. The molecule has 0 fully saturated rings. The second-order valence-electron chi connectivity index (χ2n) is 5.28. The Hall–Kier alpha value is -1.67. The minimum atomic E-state index is -4.00. The van der Waals surface area contributed by atoms with Gasteiger partial charge < -0.3 is 12.4 Å². The van der Waals surface area contributed by atoms with Crippen LogP contribution in [-0.2, 0) is 10.0 Å². The number of amides is 1. The third-order valence-corrected chi connectivity index (χ3v) is 4.68. The van der Waals surface area contributed by atoms with Crippen molar-refractivity contribution in [2.75, 3.05) is 5.43 Å². The number of nitrogens with one attached hydrogen (secondary N) is 1. The fraction of sp³-hybridized carbons (Fsp3) is 0.200. The summed E-state index contributed by atoms with van der Waals surface area (Å²) in [6.07, 6.45) is 0. The highest BCUT2D eigenvalue weighted by atomic mass is 35.5. The zero-order valence-corrected chi connectivity index (χ0v) is 15.6. The minimum Gasteiger partial charge on any atom is -1.00 e. The van der Waals surface area contributed by atoms with Crippen LogP contribution in [0.15, 0.2) is 35.2 Å². The predicted octanol–water partition coefficient (Wildman–Crippen LogP) is -1.41. The normalized spacial score (nSPS) is 10.9. The smallest absolute Gasteiger partial charge is 0.305 e. The van der Waals surface area contributed by atoms with Crippen LogP contribution in [-0.4, -0.2) is 14.3 Å². The van der Waals surface area contributed by atoms with Crippen molar-refractivity contribution >= 4 is 27.5 Å². The molecule has 3 N–H and O–H groups in total. The van der Waals surface area contributed by atoms with E-state index in [-0.39, 0.29) is 27.9 Å². The fourth-order valence-electron chi connectivity index (χ4n) is 2.31. The minimum absolute atomic E-state index is 0. The maximum absolute atomic E-state index is 12.4. The van der Waals surface area contributed by atoms with Crippen molar-refractivity contribution in [3.05, 3.63) is 57.9 Å². The van der Waals surface area contributed by atoms with E-state index in [0.29, 0.717) is 0 Å². The van der Waals surface area contributed by atoms with Gasteiger partial charge in [-0.15, -0.1) is 5.43 Å². The molecule has 1 heterocycles. The Morgan fingerprint density at radius 3 is 2.17 bits per heavy atom. The number of aromatic nitrogens is 1. The van der Waals surface area contributed by atoms with Crippen LogP contribution in [0, 0.1) is 20.8 Å². The first-order valence-electron chi connectivity index (χ1n) is 6.73. The van der Waals surface area contributed by atoms with Crippen LogP contribution in [0.3, 0.4) is 0 Å². The summed E-state index contributed by atoms with van der Waals surface area (Å²) in [6, 6.07) is 7.77. The van der Waals surface area contributed by atoms with Crippen LogP contribution in [0.5, 0.6) is 0 Å². The summed E-state index contributed by atoms with van der Waals surface area (Å²) >= 11 is 5.82. The number of hydrogen-bond acceptors (Lipinski definition) is 3. The Kier molecular flexibility index (Phi) is 6.35. The molecule has 1 aromatic carbocycles. The van der Waals surface area contributed by atoms with E-state index >= 15 is 0 Å². The lowest BCUT2D eigenvalue weighted by Gasteiger charge is -2.07. The van der Waals surface area contributed by atoms with Crippen LogP contribution in [0.2, 0.25) is 5.02 Å². The lowest BCUT2D eigenvalue weighted by atomic mass is 10.2. The van der Waals surface area contributed by atoms with Crippen molar-refractivity contribution in [2.45, 2.75) is 25.7 Å². The molecule has 2 aromatic rings. The molecule has 1 amide bonds.